The van der Waals surface area contributed by atoms with E-state index in [9.17, 15) is 14.8 Å². The Bertz CT molecular complexity index is 849. The van der Waals surface area contributed by atoms with E-state index in [0.29, 0.717) is 10.2 Å². The molecule has 3 aromatic rings. The van der Waals surface area contributed by atoms with E-state index in [0.717, 1.165) is 0 Å². The van der Waals surface area contributed by atoms with Crippen LogP contribution in [-0.2, 0) is 0 Å². The molecule has 2 aromatic heterocycles. The zero-order valence-electron chi connectivity index (χ0n) is 8.43. The van der Waals surface area contributed by atoms with Gasteiger partial charge < -0.3 is 5.21 Å². The lowest BCUT2D eigenvalue weighted by Gasteiger charge is -2.03. The Balaban J connectivity index is 2.69. The molecule has 7 nitrogen and oxygen atoms in total. The summed E-state index contributed by atoms with van der Waals surface area (Å²) in [4.78, 5) is 31.0. The lowest BCUT2D eigenvalue weighted by Crippen LogP contribution is -2.37. The van der Waals surface area contributed by atoms with Crippen LogP contribution in [0.4, 0.5) is 0 Å². The summed E-state index contributed by atoms with van der Waals surface area (Å²) in [5, 5.41) is 12.0. The van der Waals surface area contributed by atoms with Crippen molar-refractivity contribution in [2.75, 3.05) is 0 Å². The third-order valence-electron chi connectivity index (χ3n) is 2.43. The van der Waals surface area contributed by atoms with Gasteiger partial charge in [-0.15, -0.1) is 0 Å². The van der Waals surface area contributed by atoms with Crippen molar-refractivity contribution in [1.82, 2.24) is 15.0 Å². The van der Waals surface area contributed by atoms with E-state index in [-0.39, 0.29) is 16.7 Å². The molecule has 2 heterocycles. The van der Waals surface area contributed by atoms with Gasteiger partial charge in [0, 0.05) is 6.07 Å². The van der Waals surface area contributed by atoms with Crippen molar-refractivity contribution in [3.05, 3.63) is 50.3 Å². The predicted molar refractivity (Wildman–Crippen MR) is 59.5 cm³/mol. The largest absolute Gasteiger partial charge is 0.618 e. The van der Waals surface area contributed by atoms with Gasteiger partial charge in [0.25, 0.3) is 0 Å². The van der Waals surface area contributed by atoms with Crippen molar-refractivity contribution in [3.8, 4) is 0 Å². The van der Waals surface area contributed by atoms with Gasteiger partial charge in [0.05, 0.1) is 0 Å². The molecular weight excluding hydrogens is 224 g/mol. The van der Waals surface area contributed by atoms with Crippen LogP contribution >= 0.6 is 0 Å². The van der Waals surface area contributed by atoms with Crippen molar-refractivity contribution in [2.45, 2.75) is 0 Å². The Morgan fingerprint density at radius 2 is 1.94 bits per heavy atom. The number of fused-ring (bicyclic) bond motifs is 2. The Kier molecular flexibility index (Phi) is 1.76. The third-order valence-corrected chi connectivity index (χ3v) is 2.43. The van der Waals surface area contributed by atoms with E-state index in [2.05, 4.69) is 9.97 Å². The molecule has 0 spiro atoms. The molecule has 1 aromatic carbocycles. The van der Waals surface area contributed by atoms with Crippen molar-refractivity contribution >= 4 is 22.2 Å². The van der Waals surface area contributed by atoms with Crippen LogP contribution in [0.15, 0.2) is 33.9 Å². The van der Waals surface area contributed by atoms with Gasteiger partial charge in [-0.3, -0.25) is 14.8 Å². The second-order valence-corrected chi connectivity index (χ2v) is 3.50. The quantitative estimate of drug-likeness (QED) is 0.305. The van der Waals surface area contributed by atoms with Crippen LogP contribution < -0.4 is 16.0 Å². The number of benzene rings is 1. The summed E-state index contributed by atoms with van der Waals surface area (Å²) in [5.74, 6) is 0. The first-order valence-electron chi connectivity index (χ1n) is 4.81. The maximum atomic E-state index is 12.0. The van der Waals surface area contributed by atoms with E-state index in [1.165, 1.54) is 0 Å². The third kappa shape index (κ3) is 1.29. The minimum absolute atomic E-state index is 0.0209. The number of nitrogens with one attached hydrogen (secondary N) is 2. The summed E-state index contributed by atoms with van der Waals surface area (Å²) in [6.07, 6.45) is 0. The second-order valence-electron chi connectivity index (χ2n) is 3.50. The minimum atomic E-state index is -0.753. The highest BCUT2D eigenvalue weighted by Gasteiger charge is 2.15. The molecule has 0 saturated carbocycles. The highest BCUT2D eigenvalue weighted by molar-refractivity contribution is 5.78. The van der Waals surface area contributed by atoms with Crippen LogP contribution in [0.25, 0.3) is 22.2 Å². The van der Waals surface area contributed by atoms with E-state index in [4.69, 9.17) is 0 Å². The molecular formula is C10H6N4O3. The van der Waals surface area contributed by atoms with Gasteiger partial charge in [0.15, 0.2) is 0 Å². The number of para-hydroxylation sites is 2. The molecule has 0 amide bonds. The molecule has 3 rings (SSSR count). The van der Waals surface area contributed by atoms with Gasteiger partial charge >= 0.3 is 16.8 Å². The molecule has 84 valence electrons. The van der Waals surface area contributed by atoms with E-state index < -0.39 is 11.2 Å². The molecule has 2 N–H and O–H groups in total. The molecule has 0 aliphatic carbocycles. The molecule has 0 unspecified atom stereocenters. The monoisotopic (exact) mass is 230 g/mol. The van der Waals surface area contributed by atoms with Gasteiger partial charge in [0.2, 0.25) is 11.2 Å². The Labute approximate surface area is 93.0 Å². The van der Waals surface area contributed by atoms with Crippen molar-refractivity contribution in [1.29, 1.82) is 0 Å². The fourth-order valence-electron chi connectivity index (χ4n) is 1.71. The summed E-state index contributed by atoms with van der Waals surface area (Å²) in [7, 11) is 0. The number of aromatic amines is 2. The van der Waals surface area contributed by atoms with E-state index in [1.54, 1.807) is 24.3 Å². The molecule has 17 heavy (non-hydrogen) atoms. The summed E-state index contributed by atoms with van der Waals surface area (Å²) in [5.41, 5.74) is -0.980. The van der Waals surface area contributed by atoms with Gasteiger partial charge in [-0.2, -0.15) is 4.73 Å². The number of aromatic nitrogens is 4. The molecule has 0 radical (unpaired) electrons. The van der Waals surface area contributed by atoms with Crippen LogP contribution in [0.2, 0.25) is 0 Å². The smallest absolute Gasteiger partial charge is 0.329 e. The SMILES string of the molecule is O=c1[nH]c(=O)c2c(nc3ccccc3[n+]2[O-])[nH]1. The minimum Gasteiger partial charge on any atom is -0.618 e. The molecule has 0 fully saturated rings. The Morgan fingerprint density at radius 3 is 2.76 bits per heavy atom. The first kappa shape index (κ1) is 9.52. The number of H-pyrrole nitrogens is 2. The lowest BCUT2D eigenvalue weighted by atomic mass is 10.3. The normalized spacial score (nSPS) is 11.1. The van der Waals surface area contributed by atoms with E-state index >= 15 is 0 Å². The fraction of sp³-hybridized carbons (Fsp3) is 0. The number of rotatable bonds is 0. The summed E-state index contributed by atoms with van der Waals surface area (Å²) < 4.78 is 0.465. The number of hydrogen-bond donors (Lipinski definition) is 2. The van der Waals surface area contributed by atoms with Gasteiger partial charge in [0.1, 0.15) is 5.52 Å². The average molecular weight is 230 g/mol. The van der Waals surface area contributed by atoms with Crippen molar-refractivity contribution < 1.29 is 4.73 Å². The van der Waals surface area contributed by atoms with Crippen molar-refractivity contribution in [3.63, 3.8) is 0 Å². The zero-order valence-corrected chi connectivity index (χ0v) is 8.43. The molecule has 0 bridgehead atoms. The van der Waals surface area contributed by atoms with Crippen LogP contribution in [0.5, 0.6) is 0 Å². The lowest BCUT2D eigenvalue weighted by molar-refractivity contribution is -0.549. The van der Waals surface area contributed by atoms with Crippen LogP contribution in [-0.4, -0.2) is 15.0 Å². The van der Waals surface area contributed by atoms with Gasteiger partial charge in [-0.05, 0) is 6.07 Å². The predicted octanol–water partition coefficient (Wildman–Crippen LogP) is -0.602. The van der Waals surface area contributed by atoms with Crippen LogP contribution in [0, 0.1) is 5.21 Å². The maximum absolute atomic E-state index is 12.0. The molecule has 0 aliphatic rings. The van der Waals surface area contributed by atoms with Gasteiger partial charge in [-0.1, -0.05) is 12.1 Å². The molecule has 0 aliphatic heterocycles. The first-order valence-corrected chi connectivity index (χ1v) is 4.81. The fourth-order valence-corrected chi connectivity index (χ4v) is 1.71. The Hall–Kier alpha value is -2.70. The Morgan fingerprint density at radius 1 is 1.18 bits per heavy atom. The molecule has 7 heteroatoms. The maximum Gasteiger partial charge on any atom is 0.329 e. The van der Waals surface area contributed by atoms with Gasteiger partial charge in [-0.25, -0.2) is 9.78 Å². The average Bonchev–Trinajstić information content (AvgIpc) is 2.28. The number of hydrogen-bond acceptors (Lipinski definition) is 4. The molecule has 0 atom stereocenters. The summed E-state index contributed by atoms with van der Waals surface area (Å²) in [6, 6.07) is 6.57. The highest BCUT2D eigenvalue weighted by atomic mass is 16.5. The molecule has 0 saturated heterocycles. The standard InChI is InChI=1S/C10H6N4O3/c15-9-7-8(12-10(16)13-9)11-5-3-1-2-4-6(5)14(7)17/h1-4H,(H2,11,12,13,15,16). The first-order chi connectivity index (χ1) is 8.16. The summed E-state index contributed by atoms with van der Waals surface area (Å²) >= 11 is 0. The van der Waals surface area contributed by atoms with E-state index in [1.807, 2.05) is 4.98 Å². The van der Waals surface area contributed by atoms with Crippen LogP contribution in [0.3, 0.4) is 0 Å². The highest BCUT2D eigenvalue weighted by Crippen LogP contribution is 2.08. The topological polar surface area (TPSA) is 106 Å². The van der Waals surface area contributed by atoms with Crippen LogP contribution in [0.1, 0.15) is 0 Å². The zero-order chi connectivity index (χ0) is 12.0. The second kappa shape index (κ2) is 3.14. The van der Waals surface area contributed by atoms with Crippen molar-refractivity contribution in [2.24, 2.45) is 0 Å². The number of nitrogens with zero attached hydrogens (tertiary/aromatic N) is 2. The summed E-state index contributed by atoms with van der Waals surface area (Å²) in [6.45, 7) is 0.